The van der Waals surface area contributed by atoms with E-state index in [4.69, 9.17) is 0 Å². The Bertz CT molecular complexity index is 579. The second kappa shape index (κ2) is 3.93. The molecule has 0 radical (unpaired) electrons. The zero-order chi connectivity index (χ0) is 11.7. The van der Waals surface area contributed by atoms with E-state index in [1.165, 1.54) is 0 Å². The van der Waals surface area contributed by atoms with Gasteiger partial charge in [-0.05, 0) is 50.1 Å². The third-order valence-corrected chi connectivity index (χ3v) is 2.71. The summed E-state index contributed by atoms with van der Waals surface area (Å²) >= 11 is 0. The lowest BCUT2D eigenvalue weighted by molar-refractivity contribution is -0.113. The van der Waals surface area contributed by atoms with Gasteiger partial charge < -0.3 is 0 Å². The molecule has 3 nitrogen and oxygen atoms in total. The summed E-state index contributed by atoms with van der Waals surface area (Å²) in [6.07, 6.45) is 1.90. The van der Waals surface area contributed by atoms with Crippen LogP contribution >= 0.6 is 0 Å². The topological polar surface area (TPSA) is 45.8 Å². The fourth-order valence-electron chi connectivity index (χ4n) is 1.60. The number of fused-ring (bicyclic) bond motifs is 1. The largest absolute Gasteiger partial charge is 0.295 e. The van der Waals surface area contributed by atoms with Crippen LogP contribution < -0.4 is 0 Å². The number of Topliss-reactive ketones (excluding diaryl/α,β-unsaturated/α-hetero) is 1. The molecule has 0 fully saturated rings. The molecule has 0 atom stereocenters. The molecule has 0 saturated carbocycles. The number of hydrogen-bond acceptors (Lipinski definition) is 2. The average molecular weight is 214 g/mol. The normalized spacial score (nSPS) is 12.1. The Hall–Kier alpha value is -1.90. The molecule has 2 aromatic rings. The van der Waals surface area contributed by atoms with Crippen LogP contribution in [0.15, 0.2) is 23.8 Å². The number of carbonyl (C=O) groups is 1. The molecular formula is C13H14N2O. The molecule has 3 heteroatoms. The monoisotopic (exact) mass is 214 g/mol. The van der Waals surface area contributed by atoms with Gasteiger partial charge in [-0.2, -0.15) is 5.10 Å². The Morgan fingerprint density at radius 1 is 1.38 bits per heavy atom. The standard InChI is InChI=1S/C13H14N2O/c1-8(10(3)16)6-11-4-5-13-12(7-11)9(2)14-15-13/h4-7H,1-3H3,(H,14,15). The number of nitrogens with zero attached hydrogens (tertiary/aromatic N) is 1. The van der Waals surface area contributed by atoms with Crippen molar-refractivity contribution in [1.82, 2.24) is 10.2 Å². The van der Waals surface area contributed by atoms with Crippen LogP contribution in [0.5, 0.6) is 0 Å². The van der Waals surface area contributed by atoms with Crippen LogP contribution in [0.1, 0.15) is 25.1 Å². The highest BCUT2D eigenvalue weighted by Gasteiger charge is 2.02. The summed E-state index contributed by atoms with van der Waals surface area (Å²) in [4.78, 5) is 11.1. The summed E-state index contributed by atoms with van der Waals surface area (Å²) < 4.78 is 0. The lowest BCUT2D eigenvalue weighted by Crippen LogP contribution is -1.90. The van der Waals surface area contributed by atoms with Gasteiger partial charge in [0, 0.05) is 11.1 Å². The van der Waals surface area contributed by atoms with Crippen LogP contribution in [0.4, 0.5) is 0 Å². The molecule has 1 aromatic carbocycles. The van der Waals surface area contributed by atoms with E-state index in [2.05, 4.69) is 10.2 Å². The fourth-order valence-corrected chi connectivity index (χ4v) is 1.60. The van der Waals surface area contributed by atoms with Crippen LogP contribution in [-0.4, -0.2) is 16.0 Å². The molecule has 0 saturated heterocycles. The fraction of sp³-hybridized carbons (Fsp3) is 0.231. The number of benzene rings is 1. The van der Waals surface area contributed by atoms with Gasteiger partial charge in [0.25, 0.3) is 0 Å². The molecule has 0 aliphatic heterocycles. The van der Waals surface area contributed by atoms with Crippen molar-refractivity contribution < 1.29 is 4.79 Å². The Morgan fingerprint density at radius 2 is 2.12 bits per heavy atom. The van der Waals surface area contributed by atoms with Crippen molar-refractivity contribution in [1.29, 1.82) is 0 Å². The summed E-state index contributed by atoms with van der Waals surface area (Å²) in [5.41, 5.74) is 3.80. The first-order valence-electron chi connectivity index (χ1n) is 5.22. The summed E-state index contributed by atoms with van der Waals surface area (Å²) in [7, 11) is 0. The number of H-pyrrole nitrogens is 1. The van der Waals surface area contributed by atoms with E-state index in [0.29, 0.717) is 0 Å². The first kappa shape index (κ1) is 10.6. The molecule has 0 amide bonds. The maximum absolute atomic E-state index is 11.1. The molecule has 16 heavy (non-hydrogen) atoms. The molecule has 2 rings (SSSR count). The van der Waals surface area contributed by atoms with Crippen LogP contribution in [0, 0.1) is 6.92 Å². The van der Waals surface area contributed by atoms with Crippen molar-refractivity contribution >= 4 is 22.8 Å². The maximum atomic E-state index is 11.1. The highest BCUT2D eigenvalue weighted by Crippen LogP contribution is 2.18. The quantitative estimate of drug-likeness (QED) is 0.781. The predicted molar refractivity (Wildman–Crippen MR) is 65.2 cm³/mol. The maximum Gasteiger partial charge on any atom is 0.155 e. The number of ketones is 1. The lowest BCUT2D eigenvalue weighted by Gasteiger charge is -1.97. The van der Waals surface area contributed by atoms with Gasteiger partial charge >= 0.3 is 0 Å². The van der Waals surface area contributed by atoms with Crippen molar-refractivity contribution in [2.75, 3.05) is 0 Å². The molecule has 0 unspecified atom stereocenters. The molecule has 1 aromatic heterocycles. The SMILES string of the molecule is CC(=O)C(C)=Cc1ccc2n[nH]c(C)c2c1. The molecule has 82 valence electrons. The van der Waals surface area contributed by atoms with Gasteiger partial charge in [-0.1, -0.05) is 6.07 Å². The molecular weight excluding hydrogens is 200 g/mol. The Kier molecular flexibility index (Phi) is 2.60. The van der Waals surface area contributed by atoms with E-state index < -0.39 is 0 Å². The van der Waals surface area contributed by atoms with Crippen molar-refractivity contribution in [2.45, 2.75) is 20.8 Å². The van der Waals surface area contributed by atoms with E-state index in [1.54, 1.807) is 6.92 Å². The molecule has 0 aliphatic carbocycles. The highest BCUT2D eigenvalue weighted by atomic mass is 16.1. The van der Waals surface area contributed by atoms with Crippen LogP contribution in [0.2, 0.25) is 0 Å². The minimum Gasteiger partial charge on any atom is -0.295 e. The average Bonchev–Trinajstić information content (AvgIpc) is 2.60. The number of allylic oxidation sites excluding steroid dienone is 1. The van der Waals surface area contributed by atoms with Gasteiger partial charge in [0.05, 0.1) is 5.52 Å². The van der Waals surface area contributed by atoms with Gasteiger partial charge in [-0.25, -0.2) is 0 Å². The van der Waals surface area contributed by atoms with E-state index in [1.807, 2.05) is 38.1 Å². The van der Waals surface area contributed by atoms with Crippen LogP contribution in [-0.2, 0) is 4.79 Å². The number of aromatic nitrogens is 2. The van der Waals surface area contributed by atoms with Crippen molar-refractivity contribution in [3.63, 3.8) is 0 Å². The van der Waals surface area contributed by atoms with Crippen LogP contribution in [0.25, 0.3) is 17.0 Å². The van der Waals surface area contributed by atoms with Crippen LogP contribution in [0.3, 0.4) is 0 Å². The minimum atomic E-state index is 0.101. The van der Waals surface area contributed by atoms with Gasteiger partial charge in [-0.3, -0.25) is 9.89 Å². The Labute approximate surface area is 94.2 Å². The Morgan fingerprint density at radius 3 is 2.81 bits per heavy atom. The zero-order valence-electron chi connectivity index (χ0n) is 9.66. The number of nitrogens with one attached hydrogen (secondary N) is 1. The van der Waals surface area contributed by atoms with Gasteiger partial charge in [0.1, 0.15) is 0 Å². The molecule has 0 bridgehead atoms. The van der Waals surface area contributed by atoms with Crippen molar-refractivity contribution in [3.05, 3.63) is 35.0 Å². The van der Waals surface area contributed by atoms with E-state index in [-0.39, 0.29) is 5.78 Å². The lowest BCUT2D eigenvalue weighted by atomic mass is 10.1. The number of aryl methyl sites for hydroxylation is 1. The smallest absolute Gasteiger partial charge is 0.155 e. The molecule has 0 spiro atoms. The zero-order valence-corrected chi connectivity index (χ0v) is 9.66. The second-order valence-corrected chi connectivity index (χ2v) is 4.01. The second-order valence-electron chi connectivity index (χ2n) is 4.01. The highest BCUT2D eigenvalue weighted by molar-refractivity contribution is 5.97. The number of hydrogen-bond donors (Lipinski definition) is 1. The minimum absolute atomic E-state index is 0.101. The molecule has 1 N–H and O–H groups in total. The van der Waals surface area contributed by atoms with E-state index in [9.17, 15) is 4.79 Å². The molecule has 1 heterocycles. The molecule has 0 aliphatic rings. The number of aromatic amines is 1. The predicted octanol–water partition coefficient (Wildman–Crippen LogP) is 2.86. The Balaban J connectivity index is 2.50. The first-order valence-corrected chi connectivity index (χ1v) is 5.22. The van der Waals surface area contributed by atoms with Crippen molar-refractivity contribution in [2.24, 2.45) is 0 Å². The number of rotatable bonds is 2. The van der Waals surface area contributed by atoms with E-state index in [0.717, 1.165) is 27.7 Å². The van der Waals surface area contributed by atoms with Gasteiger partial charge in [0.15, 0.2) is 5.78 Å². The van der Waals surface area contributed by atoms with Gasteiger partial charge in [-0.15, -0.1) is 0 Å². The summed E-state index contributed by atoms with van der Waals surface area (Å²) in [5, 5.41) is 8.21. The number of carbonyl (C=O) groups excluding carboxylic acids is 1. The summed E-state index contributed by atoms with van der Waals surface area (Å²) in [6.45, 7) is 5.39. The third-order valence-electron chi connectivity index (χ3n) is 2.71. The van der Waals surface area contributed by atoms with Crippen molar-refractivity contribution in [3.8, 4) is 0 Å². The van der Waals surface area contributed by atoms with E-state index >= 15 is 0 Å². The summed E-state index contributed by atoms with van der Waals surface area (Å²) in [5.74, 6) is 0.101. The van der Waals surface area contributed by atoms with Gasteiger partial charge in [0.2, 0.25) is 0 Å². The summed E-state index contributed by atoms with van der Waals surface area (Å²) in [6, 6.07) is 5.97. The third kappa shape index (κ3) is 1.89. The first-order chi connectivity index (χ1) is 7.58.